The van der Waals surface area contributed by atoms with Gasteiger partial charge < -0.3 is 21.3 Å². The summed E-state index contributed by atoms with van der Waals surface area (Å²) >= 11 is 3.49. The summed E-state index contributed by atoms with van der Waals surface area (Å²) in [5.74, 6) is 0.394. The fourth-order valence-corrected chi connectivity index (χ4v) is 3.49. The Labute approximate surface area is 174 Å². The second-order valence-electron chi connectivity index (χ2n) is 6.81. The number of rotatable bonds is 6. The van der Waals surface area contributed by atoms with E-state index in [1.54, 1.807) is 12.1 Å². The molecule has 1 heterocycles. The van der Waals surface area contributed by atoms with Gasteiger partial charge in [0.25, 0.3) is 0 Å². The molecule has 0 saturated carbocycles. The van der Waals surface area contributed by atoms with Crippen LogP contribution in [0.3, 0.4) is 0 Å². The van der Waals surface area contributed by atoms with E-state index < -0.39 is 5.91 Å². The molecule has 1 aliphatic rings. The van der Waals surface area contributed by atoms with Crippen LogP contribution in [0.2, 0.25) is 0 Å². The van der Waals surface area contributed by atoms with Crippen molar-refractivity contribution in [1.82, 2.24) is 10.6 Å². The summed E-state index contributed by atoms with van der Waals surface area (Å²) in [6.07, 6.45) is 1.06. The van der Waals surface area contributed by atoms with Crippen molar-refractivity contribution in [3.05, 3.63) is 64.1 Å². The zero-order chi connectivity index (χ0) is 19.9. The minimum atomic E-state index is -0.415. The fraction of sp³-hybridized carbons (Fsp3) is 0.333. The number of carbonyl (C=O) groups excluding carboxylic acids is 1. The molecule has 2 aromatic rings. The van der Waals surface area contributed by atoms with E-state index in [-0.39, 0.29) is 0 Å². The van der Waals surface area contributed by atoms with Gasteiger partial charge in [0.05, 0.1) is 6.54 Å². The number of guanidine groups is 1. The number of nitrogens with zero attached hydrogens (tertiary/aromatic N) is 2. The van der Waals surface area contributed by atoms with Crippen LogP contribution in [0.5, 0.6) is 0 Å². The number of hydrogen-bond donors (Lipinski definition) is 3. The monoisotopic (exact) mass is 443 g/mol. The number of nitrogens with one attached hydrogen (secondary N) is 2. The quantitative estimate of drug-likeness (QED) is 0.473. The number of aliphatic imine (C=N–C) groups is 1. The molecule has 6 nitrogen and oxygen atoms in total. The number of primary amides is 1. The smallest absolute Gasteiger partial charge is 0.248 e. The standard InChI is InChI=1S/C21H26BrN5O/c1-2-24-21(25-13-15-3-5-16(6-4-15)20(23)28)26-18-11-12-27(14-18)19-9-7-17(22)8-10-19/h3-10,18H,2,11-14H2,1H3,(H2,23,28)(H2,24,25,26). The summed E-state index contributed by atoms with van der Waals surface area (Å²) in [6, 6.07) is 16.0. The highest BCUT2D eigenvalue weighted by Gasteiger charge is 2.23. The highest BCUT2D eigenvalue weighted by Crippen LogP contribution is 2.22. The highest BCUT2D eigenvalue weighted by molar-refractivity contribution is 9.10. The molecular formula is C21H26BrN5O. The second kappa shape index (κ2) is 9.59. The molecule has 1 fully saturated rings. The maximum Gasteiger partial charge on any atom is 0.248 e. The number of benzene rings is 2. The van der Waals surface area contributed by atoms with Crippen molar-refractivity contribution in [2.45, 2.75) is 25.9 Å². The summed E-state index contributed by atoms with van der Waals surface area (Å²) in [4.78, 5) is 18.2. The Bertz CT molecular complexity index is 820. The van der Waals surface area contributed by atoms with Gasteiger partial charge in [0, 0.05) is 41.4 Å². The van der Waals surface area contributed by atoms with Crippen molar-refractivity contribution >= 4 is 33.5 Å². The molecule has 2 aromatic carbocycles. The van der Waals surface area contributed by atoms with Crippen molar-refractivity contribution in [2.75, 3.05) is 24.5 Å². The number of carbonyl (C=O) groups is 1. The van der Waals surface area contributed by atoms with Gasteiger partial charge in [-0.05, 0) is 55.3 Å². The van der Waals surface area contributed by atoms with Gasteiger partial charge in [-0.3, -0.25) is 4.79 Å². The summed E-state index contributed by atoms with van der Waals surface area (Å²) in [6.45, 7) is 5.36. The summed E-state index contributed by atoms with van der Waals surface area (Å²) < 4.78 is 1.09. The minimum Gasteiger partial charge on any atom is -0.369 e. The summed E-state index contributed by atoms with van der Waals surface area (Å²) in [7, 11) is 0. The number of nitrogens with two attached hydrogens (primary N) is 1. The third-order valence-electron chi connectivity index (χ3n) is 4.72. The van der Waals surface area contributed by atoms with Crippen molar-refractivity contribution in [1.29, 1.82) is 0 Å². The molecule has 0 radical (unpaired) electrons. The molecular weight excluding hydrogens is 418 g/mol. The average Bonchev–Trinajstić information content (AvgIpc) is 3.15. The molecule has 0 aromatic heterocycles. The van der Waals surface area contributed by atoms with Crippen LogP contribution in [0.15, 0.2) is 58.0 Å². The van der Waals surface area contributed by atoms with Crippen LogP contribution in [-0.4, -0.2) is 37.5 Å². The number of amides is 1. The van der Waals surface area contributed by atoms with Gasteiger partial charge in [0.15, 0.2) is 5.96 Å². The lowest BCUT2D eigenvalue weighted by Gasteiger charge is -2.20. The molecule has 0 aliphatic carbocycles. The lowest BCUT2D eigenvalue weighted by molar-refractivity contribution is 0.100. The van der Waals surface area contributed by atoms with Gasteiger partial charge in [-0.15, -0.1) is 0 Å². The minimum absolute atomic E-state index is 0.346. The molecule has 1 unspecified atom stereocenters. The van der Waals surface area contributed by atoms with E-state index in [0.29, 0.717) is 18.2 Å². The Morgan fingerprint density at radius 2 is 1.93 bits per heavy atom. The van der Waals surface area contributed by atoms with Crippen LogP contribution in [0.1, 0.15) is 29.3 Å². The molecule has 1 saturated heterocycles. The molecule has 0 bridgehead atoms. The molecule has 28 heavy (non-hydrogen) atoms. The van der Waals surface area contributed by atoms with Crippen LogP contribution >= 0.6 is 15.9 Å². The molecule has 0 spiro atoms. The molecule has 148 valence electrons. The van der Waals surface area contributed by atoms with E-state index >= 15 is 0 Å². The van der Waals surface area contributed by atoms with Crippen molar-refractivity contribution < 1.29 is 4.79 Å². The third-order valence-corrected chi connectivity index (χ3v) is 5.25. The second-order valence-corrected chi connectivity index (χ2v) is 7.72. The van der Waals surface area contributed by atoms with Gasteiger partial charge in [-0.2, -0.15) is 0 Å². The normalized spacial score (nSPS) is 16.9. The van der Waals surface area contributed by atoms with Gasteiger partial charge in [-0.1, -0.05) is 28.1 Å². The van der Waals surface area contributed by atoms with Crippen molar-refractivity contribution in [3.8, 4) is 0 Å². The Hall–Kier alpha value is -2.54. The first-order chi connectivity index (χ1) is 13.5. The van der Waals surface area contributed by atoms with Crippen molar-refractivity contribution in [3.63, 3.8) is 0 Å². The zero-order valence-corrected chi connectivity index (χ0v) is 17.6. The predicted octanol–water partition coefficient (Wildman–Crippen LogP) is 2.88. The molecule has 1 atom stereocenters. The van der Waals surface area contributed by atoms with E-state index in [9.17, 15) is 4.79 Å². The first-order valence-electron chi connectivity index (χ1n) is 9.49. The Kier molecular flexibility index (Phi) is 6.92. The van der Waals surface area contributed by atoms with Crippen LogP contribution in [0.4, 0.5) is 5.69 Å². The predicted molar refractivity (Wildman–Crippen MR) is 118 cm³/mol. The molecule has 7 heteroatoms. The molecule has 3 rings (SSSR count). The van der Waals surface area contributed by atoms with Gasteiger partial charge in [-0.25, -0.2) is 4.99 Å². The van der Waals surface area contributed by atoms with Crippen LogP contribution in [0.25, 0.3) is 0 Å². The first kappa shape index (κ1) is 20.2. The molecule has 1 amide bonds. The third kappa shape index (κ3) is 5.48. The first-order valence-corrected chi connectivity index (χ1v) is 10.3. The molecule has 4 N–H and O–H groups in total. The van der Waals surface area contributed by atoms with Gasteiger partial charge >= 0.3 is 0 Å². The number of hydrogen-bond acceptors (Lipinski definition) is 3. The number of halogens is 1. The summed E-state index contributed by atoms with van der Waals surface area (Å²) in [5, 5.41) is 6.85. The lowest BCUT2D eigenvalue weighted by Crippen LogP contribution is -2.44. The summed E-state index contributed by atoms with van der Waals surface area (Å²) in [5.41, 5.74) is 8.07. The van der Waals surface area contributed by atoms with Crippen LogP contribution < -0.4 is 21.3 Å². The maximum atomic E-state index is 11.2. The number of anilines is 1. The van der Waals surface area contributed by atoms with E-state index in [1.165, 1.54) is 5.69 Å². The van der Waals surface area contributed by atoms with E-state index in [4.69, 9.17) is 5.73 Å². The Morgan fingerprint density at radius 1 is 1.21 bits per heavy atom. The van der Waals surface area contributed by atoms with E-state index in [2.05, 4.69) is 67.6 Å². The van der Waals surface area contributed by atoms with Gasteiger partial charge in [0.2, 0.25) is 5.91 Å². The average molecular weight is 444 g/mol. The maximum absolute atomic E-state index is 11.2. The van der Waals surface area contributed by atoms with Gasteiger partial charge in [0.1, 0.15) is 0 Å². The lowest BCUT2D eigenvalue weighted by atomic mass is 10.1. The highest BCUT2D eigenvalue weighted by atomic mass is 79.9. The van der Waals surface area contributed by atoms with E-state index in [1.807, 2.05) is 12.1 Å². The van der Waals surface area contributed by atoms with Crippen LogP contribution in [-0.2, 0) is 6.54 Å². The largest absolute Gasteiger partial charge is 0.369 e. The van der Waals surface area contributed by atoms with Crippen LogP contribution in [0, 0.1) is 0 Å². The Balaban J connectivity index is 1.58. The van der Waals surface area contributed by atoms with E-state index in [0.717, 1.165) is 42.1 Å². The topological polar surface area (TPSA) is 82.7 Å². The SMILES string of the molecule is CCNC(=NCc1ccc(C(N)=O)cc1)NC1CCN(c2ccc(Br)cc2)C1. The fourth-order valence-electron chi connectivity index (χ4n) is 3.22. The van der Waals surface area contributed by atoms with Crippen molar-refractivity contribution in [2.24, 2.45) is 10.7 Å². The zero-order valence-electron chi connectivity index (χ0n) is 16.0. The Morgan fingerprint density at radius 3 is 2.57 bits per heavy atom. The molecule has 1 aliphatic heterocycles.